The van der Waals surface area contributed by atoms with Gasteiger partial charge in [-0.15, -0.1) is 0 Å². The number of hydrogen-bond acceptors (Lipinski definition) is 5. The zero-order valence-corrected chi connectivity index (χ0v) is 17.9. The zero-order chi connectivity index (χ0) is 23.3. The molecular formula is C24H23F3N2O4. The van der Waals surface area contributed by atoms with Crippen LogP contribution >= 0.6 is 0 Å². The number of rotatable bonds is 8. The molecule has 2 saturated carbocycles. The largest absolute Gasteiger partial charge is 0.496 e. The van der Waals surface area contributed by atoms with E-state index in [9.17, 15) is 23.1 Å². The predicted molar refractivity (Wildman–Crippen MR) is 114 cm³/mol. The maximum atomic E-state index is 13.3. The van der Waals surface area contributed by atoms with E-state index < -0.39 is 30.1 Å². The van der Waals surface area contributed by atoms with Gasteiger partial charge >= 0.3 is 6.61 Å². The molecule has 3 aromatic rings. The normalized spacial score (nSPS) is 21.2. The minimum atomic E-state index is -3.15. The summed E-state index contributed by atoms with van der Waals surface area (Å²) in [7, 11) is 1.33. The van der Waals surface area contributed by atoms with Crippen molar-refractivity contribution in [1.82, 2.24) is 9.38 Å². The minimum absolute atomic E-state index is 0.0690. The lowest BCUT2D eigenvalue weighted by molar-refractivity contribution is -0.0502. The third-order valence-corrected chi connectivity index (χ3v) is 6.59. The van der Waals surface area contributed by atoms with Crippen molar-refractivity contribution in [3.63, 3.8) is 0 Å². The van der Waals surface area contributed by atoms with Gasteiger partial charge in [-0.25, -0.2) is 9.37 Å². The van der Waals surface area contributed by atoms with Gasteiger partial charge in [0.25, 0.3) is 0 Å². The SMILES string of the molecule is COc1cc(-c2cnc3cc(C4(O)CCC4)ccn23)cc(OC(F)F)c1C(=O)C[C@@H]1C[C@@H]1F. The van der Waals surface area contributed by atoms with E-state index in [1.807, 2.05) is 6.07 Å². The number of benzene rings is 1. The van der Waals surface area contributed by atoms with Crippen LogP contribution < -0.4 is 9.47 Å². The summed E-state index contributed by atoms with van der Waals surface area (Å²) in [6.07, 6.45) is 4.84. The number of imidazole rings is 1. The van der Waals surface area contributed by atoms with Crippen LogP contribution in [0.3, 0.4) is 0 Å². The van der Waals surface area contributed by atoms with Crippen molar-refractivity contribution in [2.24, 2.45) is 5.92 Å². The first-order chi connectivity index (χ1) is 15.8. The fourth-order valence-corrected chi connectivity index (χ4v) is 4.41. The molecule has 0 bridgehead atoms. The summed E-state index contributed by atoms with van der Waals surface area (Å²) in [5, 5.41) is 10.6. The Labute approximate surface area is 188 Å². The number of pyridine rings is 1. The molecule has 0 radical (unpaired) electrons. The maximum Gasteiger partial charge on any atom is 0.387 e. The average Bonchev–Trinajstić information content (AvgIpc) is 3.28. The van der Waals surface area contributed by atoms with E-state index in [0.29, 0.717) is 29.7 Å². The number of methoxy groups -OCH3 is 1. The van der Waals surface area contributed by atoms with Gasteiger partial charge in [0.05, 0.1) is 24.6 Å². The first-order valence-corrected chi connectivity index (χ1v) is 10.8. The summed E-state index contributed by atoms with van der Waals surface area (Å²) in [4.78, 5) is 17.2. The van der Waals surface area contributed by atoms with Crippen LogP contribution in [0.4, 0.5) is 13.2 Å². The number of fused-ring (bicyclic) bond motifs is 1. The highest BCUT2D eigenvalue weighted by Gasteiger charge is 2.40. The Hall–Kier alpha value is -3.07. The standard InChI is InChI=1S/C24H23F3N2O4/c1-32-19-9-14(10-20(33-23(26)27)22(19)18(30)8-13-7-16(13)25)17-12-28-21-11-15(3-6-29(17)21)24(31)4-2-5-24/h3,6,9-13,16,23,31H,2,4-5,7-8H2,1H3/t13-,16-/m0/s1. The summed E-state index contributed by atoms with van der Waals surface area (Å²) >= 11 is 0. The van der Waals surface area contributed by atoms with Gasteiger partial charge in [0.1, 0.15) is 28.9 Å². The van der Waals surface area contributed by atoms with Crippen LogP contribution in [0.25, 0.3) is 16.9 Å². The van der Waals surface area contributed by atoms with E-state index in [4.69, 9.17) is 4.74 Å². The van der Waals surface area contributed by atoms with Crippen LogP contribution in [0.2, 0.25) is 0 Å². The van der Waals surface area contributed by atoms with Crippen molar-refractivity contribution in [2.45, 2.75) is 50.5 Å². The number of hydrogen-bond donors (Lipinski definition) is 1. The lowest BCUT2D eigenvalue weighted by atomic mass is 9.75. The third-order valence-electron chi connectivity index (χ3n) is 6.59. The first-order valence-electron chi connectivity index (χ1n) is 10.8. The van der Waals surface area contributed by atoms with Gasteiger partial charge in [-0.3, -0.25) is 9.20 Å². The number of halogens is 3. The maximum absolute atomic E-state index is 13.3. The quantitative estimate of drug-likeness (QED) is 0.484. The fraction of sp³-hybridized carbons (Fsp3) is 0.417. The van der Waals surface area contributed by atoms with E-state index in [-0.39, 0.29) is 29.9 Å². The highest BCUT2D eigenvalue weighted by atomic mass is 19.3. The predicted octanol–water partition coefficient (Wildman–Crippen LogP) is 4.91. The van der Waals surface area contributed by atoms with E-state index in [2.05, 4.69) is 9.72 Å². The molecule has 2 aliphatic rings. The van der Waals surface area contributed by atoms with E-state index in [1.54, 1.807) is 28.9 Å². The lowest BCUT2D eigenvalue weighted by Crippen LogP contribution is -2.33. The molecule has 1 aromatic carbocycles. The number of alkyl halides is 3. The molecule has 1 N–H and O–H groups in total. The number of ketones is 1. The van der Waals surface area contributed by atoms with Gasteiger partial charge in [-0.2, -0.15) is 8.78 Å². The van der Waals surface area contributed by atoms with Gasteiger partial charge in [-0.1, -0.05) is 0 Å². The lowest BCUT2D eigenvalue weighted by Gasteiger charge is -2.37. The van der Waals surface area contributed by atoms with Gasteiger partial charge in [0.2, 0.25) is 0 Å². The molecular weight excluding hydrogens is 437 g/mol. The Morgan fingerprint density at radius 2 is 2.03 bits per heavy atom. The molecule has 2 heterocycles. The molecule has 0 amide bonds. The van der Waals surface area contributed by atoms with Crippen LogP contribution in [0, 0.1) is 5.92 Å². The summed E-state index contributed by atoms with van der Waals surface area (Å²) < 4.78 is 51.5. The molecule has 0 aliphatic heterocycles. The third kappa shape index (κ3) is 3.94. The molecule has 174 valence electrons. The Morgan fingerprint density at radius 3 is 2.64 bits per heavy atom. The van der Waals surface area contributed by atoms with E-state index >= 15 is 0 Å². The summed E-state index contributed by atoms with van der Waals surface area (Å²) in [6, 6.07) is 6.52. The number of ether oxygens (including phenoxy) is 2. The minimum Gasteiger partial charge on any atom is -0.496 e. The number of aromatic nitrogens is 2. The smallest absolute Gasteiger partial charge is 0.387 e. The van der Waals surface area contributed by atoms with Crippen LogP contribution in [-0.2, 0) is 5.60 Å². The summed E-state index contributed by atoms with van der Waals surface area (Å²) in [5.41, 5.74) is 1.43. The Bertz CT molecular complexity index is 1220. The van der Waals surface area contributed by atoms with Crippen molar-refractivity contribution < 1.29 is 32.5 Å². The molecule has 6 nitrogen and oxygen atoms in total. The number of carbonyl (C=O) groups excluding carboxylic acids is 1. The van der Waals surface area contributed by atoms with Crippen molar-refractivity contribution in [3.8, 4) is 22.8 Å². The van der Waals surface area contributed by atoms with Gasteiger partial charge in [0, 0.05) is 24.1 Å². The number of nitrogens with zero attached hydrogens (tertiary/aromatic N) is 2. The van der Waals surface area contributed by atoms with Gasteiger partial charge in [0.15, 0.2) is 5.78 Å². The number of Topliss-reactive ketones (excluding diaryl/α,β-unsaturated/α-hetero) is 1. The molecule has 2 atom stereocenters. The Balaban J connectivity index is 1.56. The van der Waals surface area contributed by atoms with Crippen LogP contribution in [0.1, 0.15) is 48.0 Å². The number of aliphatic hydroxyl groups is 1. The van der Waals surface area contributed by atoms with Crippen molar-refractivity contribution in [1.29, 1.82) is 0 Å². The van der Waals surface area contributed by atoms with Gasteiger partial charge < -0.3 is 14.6 Å². The zero-order valence-electron chi connectivity index (χ0n) is 17.9. The van der Waals surface area contributed by atoms with E-state index in [1.165, 1.54) is 13.2 Å². The van der Waals surface area contributed by atoms with Crippen LogP contribution in [0.15, 0.2) is 36.7 Å². The topological polar surface area (TPSA) is 73.1 Å². The average molecular weight is 460 g/mol. The highest BCUT2D eigenvalue weighted by molar-refractivity contribution is 6.02. The first kappa shape index (κ1) is 21.8. The van der Waals surface area contributed by atoms with Crippen molar-refractivity contribution >= 4 is 11.4 Å². The molecule has 33 heavy (non-hydrogen) atoms. The second-order valence-electron chi connectivity index (χ2n) is 8.74. The van der Waals surface area contributed by atoms with Crippen LogP contribution in [0.5, 0.6) is 11.5 Å². The summed E-state index contributed by atoms with van der Waals surface area (Å²) in [6.45, 7) is -3.15. The molecule has 0 saturated heterocycles. The molecule has 0 unspecified atom stereocenters. The number of carbonyl (C=O) groups is 1. The fourth-order valence-electron chi connectivity index (χ4n) is 4.41. The molecule has 2 fully saturated rings. The molecule has 2 aliphatic carbocycles. The Kier molecular flexibility index (Phi) is 5.31. The molecule has 9 heteroatoms. The van der Waals surface area contributed by atoms with Crippen LogP contribution in [-0.4, -0.2) is 40.2 Å². The highest BCUT2D eigenvalue weighted by Crippen LogP contribution is 2.43. The molecule has 0 spiro atoms. The Morgan fingerprint density at radius 1 is 1.30 bits per heavy atom. The van der Waals surface area contributed by atoms with Crippen molar-refractivity contribution in [3.05, 3.63) is 47.8 Å². The summed E-state index contributed by atoms with van der Waals surface area (Å²) in [5.74, 6) is -1.16. The molecule has 5 rings (SSSR count). The van der Waals surface area contributed by atoms with Gasteiger partial charge in [-0.05, 0) is 55.5 Å². The van der Waals surface area contributed by atoms with Crippen molar-refractivity contribution in [2.75, 3.05) is 7.11 Å². The monoisotopic (exact) mass is 460 g/mol. The second kappa shape index (κ2) is 8.06. The molecule has 2 aromatic heterocycles. The van der Waals surface area contributed by atoms with E-state index in [0.717, 1.165) is 12.0 Å². The second-order valence-corrected chi connectivity index (χ2v) is 8.74.